The van der Waals surface area contributed by atoms with Gasteiger partial charge in [-0.15, -0.1) is 0 Å². The van der Waals surface area contributed by atoms with Crippen molar-refractivity contribution in [2.24, 2.45) is 0 Å². The molecule has 5 nitrogen and oxygen atoms in total. The number of hydrogen-bond donors (Lipinski definition) is 0. The van der Waals surface area contributed by atoms with E-state index in [2.05, 4.69) is 50.8 Å². The fourth-order valence-electron chi connectivity index (χ4n) is 5.13. The number of anilines is 1. The Kier molecular flexibility index (Phi) is 6.53. The minimum atomic E-state index is 0.352. The number of para-hydroxylation sites is 1. The average Bonchev–Trinajstić information content (AvgIpc) is 2.75. The largest absolute Gasteiger partial charge is 0.369 e. The Morgan fingerprint density at radius 3 is 2.43 bits per heavy atom. The van der Waals surface area contributed by atoms with Crippen LogP contribution in [-0.4, -0.2) is 85.6 Å². The highest BCUT2D eigenvalue weighted by Gasteiger charge is 2.30. The Bertz CT molecular complexity index is 650. The van der Waals surface area contributed by atoms with E-state index in [0.29, 0.717) is 18.5 Å². The number of benzene rings is 1. The quantitative estimate of drug-likeness (QED) is 0.798. The summed E-state index contributed by atoms with van der Waals surface area (Å²) in [4.78, 5) is 22.5. The average molecular weight is 385 g/mol. The molecule has 1 aromatic rings. The van der Waals surface area contributed by atoms with E-state index in [4.69, 9.17) is 0 Å². The number of nitrogens with zero attached hydrogens (tertiary/aromatic N) is 4. The minimum absolute atomic E-state index is 0.352. The number of carbonyl (C=O) groups is 1. The van der Waals surface area contributed by atoms with Gasteiger partial charge in [0.1, 0.15) is 0 Å². The molecule has 3 aliphatic rings. The highest BCUT2D eigenvalue weighted by atomic mass is 16.2. The molecule has 3 heterocycles. The van der Waals surface area contributed by atoms with Crippen molar-refractivity contribution in [3.05, 3.63) is 29.8 Å². The van der Waals surface area contributed by atoms with Gasteiger partial charge in [-0.3, -0.25) is 14.6 Å². The minimum Gasteiger partial charge on any atom is -0.369 e. The predicted molar refractivity (Wildman–Crippen MR) is 115 cm³/mol. The van der Waals surface area contributed by atoms with Crippen LogP contribution in [0.3, 0.4) is 0 Å². The molecule has 3 saturated heterocycles. The fraction of sp³-hybridized carbons (Fsp3) is 0.696. The van der Waals surface area contributed by atoms with Crippen LogP contribution in [0.5, 0.6) is 0 Å². The first-order valence-electron chi connectivity index (χ1n) is 11.3. The number of carbonyl (C=O) groups excluding carboxylic acids is 1. The first kappa shape index (κ1) is 19.7. The first-order chi connectivity index (χ1) is 13.7. The van der Waals surface area contributed by atoms with Crippen LogP contribution in [0.25, 0.3) is 0 Å². The van der Waals surface area contributed by atoms with Crippen LogP contribution in [0, 0.1) is 6.92 Å². The van der Waals surface area contributed by atoms with Gasteiger partial charge in [-0.05, 0) is 57.3 Å². The van der Waals surface area contributed by atoms with Gasteiger partial charge in [0.05, 0.1) is 6.54 Å². The van der Waals surface area contributed by atoms with Gasteiger partial charge < -0.3 is 9.80 Å². The van der Waals surface area contributed by atoms with Gasteiger partial charge >= 0.3 is 0 Å². The van der Waals surface area contributed by atoms with Crippen molar-refractivity contribution in [2.45, 2.75) is 45.1 Å². The Labute approximate surface area is 170 Å². The molecule has 0 aliphatic carbocycles. The zero-order valence-electron chi connectivity index (χ0n) is 17.5. The molecular formula is C23H36N4O. The van der Waals surface area contributed by atoms with E-state index >= 15 is 0 Å². The Morgan fingerprint density at radius 1 is 0.929 bits per heavy atom. The number of likely N-dealkylation sites (tertiary alicyclic amines) is 2. The number of piperidine rings is 2. The third kappa shape index (κ3) is 4.69. The van der Waals surface area contributed by atoms with Crippen LogP contribution < -0.4 is 4.90 Å². The van der Waals surface area contributed by atoms with E-state index in [9.17, 15) is 4.79 Å². The van der Waals surface area contributed by atoms with Crippen molar-refractivity contribution in [1.82, 2.24) is 14.7 Å². The van der Waals surface area contributed by atoms with E-state index in [-0.39, 0.29) is 0 Å². The normalized spacial score (nSPS) is 25.1. The molecule has 1 aromatic carbocycles. The second-order valence-corrected chi connectivity index (χ2v) is 8.78. The number of piperazine rings is 1. The van der Waals surface area contributed by atoms with Crippen molar-refractivity contribution in [2.75, 3.05) is 63.8 Å². The lowest BCUT2D eigenvalue weighted by Crippen LogP contribution is -2.56. The summed E-state index contributed by atoms with van der Waals surface area (Å²) in [6.45, 7) is 11.3. The molecule has 5 heteroatoms. The molecule has 0 unspecified atom stereocenters. The lowest BCUT2D eigenvalue weighted by Gasteiger charge is -2.44. The zero-order chi connectivity index (χ0) is 19.3. The second kappa shape index (κ2) is 9.27. The maximum atomic E-state index is 12.8. The van der Waals surface area contributed by atoms with Crippen molar-refractivity contribution >= 4 is 11.6 Å². The Balaban J connectivity index is 1.28. The zero-order valence-corrected chi connectivity index (χ0v) is 17.5. The van der Waals surface area contributed by atoms with Gasteiger partial charge in [-0.2, -0.15) is 0 Å². The molecule has 0 radical (unpaired) electrons. The third-order valence-electron chi connectivity index (χ3n) is 6.84. The molecule has 0 spiro atoms. The summed E-state index contributed by atoms with van der Waals surface area (Å²) in [6, 6.07) is 9.24. The lowest BCUT2D eigenvalue weighted by atomic mass is 10.0. The Hall–Kier alpha value is -1.59. The predicted octanol–water partition coefficient (Wildman–Crippen LogP) is 2.59. The van der Waals surface area contributed by atoms with Crippen molar-refractivity contribution in [3.8, 4) is 0 Å². The molecule has 3 fully saturated rings. The fourth-order valence-corrected chi connectivity index (χ4v) is 5.13. The van der Waals surface area contributed by atoms with Gasteiger partial charge in [-0.25, -0.2) is 0 Å². The molecule has 3 aliphatic heterocycles. The van der Waals surface area contributed by atoms with Crippen molar-refractivity contribution in [3.63, 3.8) is 0 Å². The van der Waals surface area contributed by atoms with Crippen LogP contribution in [0.2, 0.25) is 0 Å². The summed E-state index contributed by atoms with van der Waals surface area (Å²) in [5, 5.41) is 0. The summed E-state index contributed by atoms with van der Waals surface area (Å²) in [5.74, 6) is 0.352. The summed E-state index contributed by atoms with van der Waals surface area (Å²) in [5.41, 5.74) is 2.74. The topological polar surface area (TPSA) is 30.0 Å². The number of amides is 1. The van der Waals surface area contributed by atoms with Gasteiger partial charge in [0.15, 0.2) is 0 Å². The smallest absolute Gasteiger partial charge is 0.236 e. The SMILES string of the molecule is Cc1ccccc1N1CCN([C@@H]2CCCN(C(=O)CN3CCCCC3)C2)CC1. The molecule has 0 aromatic heterocycles. The summed E-state index contributed by atoms with van der Waals surface area (Å²) in [6.07, 6.45) is 6.21. The van der Waals surface area contributed by atoms with Gasteiger partial charge in [-0.1, -0.05) is 24.6 Å². The van der Waals surface area contributed by atoms with Crippen molar-refractivity contribution < 1.29 is 4.79 Å². The van der Waals surface area contributed by atoms with Crippen molar-refractivity contribution in [1.29, 1.82) is 0 Å². The van der Waals surface area contributed by atoms with Gasteiger partial charge in [0.2, 0.25) is 5.91 Å². The first-order valence-corrected chi connectivity index (χ1v) is 11.3. The second-order valence-electron chi connectivity index (χ2n) is 8.78. The van der Waals surface area contributed by atoms with E-state index in [0.717, 1.165) is 58.8 Å². The summed E-state index contributed by atoms with van der Waals surface area (Å²) >= 11 is 0. The number of hydrogen-bond acceptors (Lipinski definition) is 4. The molecule has 154 valence electrons. The standard InChI is InChI=1S/C23H36N4O/c1-20-8-3-4-10-22(20)26-16-14-25(15-17-26)21-9-7-13-27(18-21)23(28)19-24-11-5-2-6-12-24/h3-4,8,10,21H,2,5-7,9,11-19H2,1H3/t21-/m1/s1. The van der Waals surface area contributed by atoms with Crippen LogP contribution in [-0.2, 0) is 4.79 Å². The lowest BCUT2D eigenvalue weighted by molar-refractivity contribution is -0.134. The molecule has 1 amide bonds. The molecule has 0 bridgehead atoms. The van der Waals surface area contributed by atoms with E-state index in [1.54, 1.807) is 0 Å². The maximum Gasteiger partial charge on any atom is 0.236 e. The van der Waals surface area contributed by atoms with Crippen LogP contribution >= 0.6 is 0 Å². The van der Waals surface area contributed by atoms with Gasteiger partial charge in [0.25, 0.3) is 0 Å². The third-order valence-corrected chi connectivity index (χ3v) is 6.84. The summed E-state index contributed by atoms with van der Waals surface area (Å²) in [7, 11) is 0. The number of rotatable bonds is 4. The van der Waals surface area contributed by atoms with E-state index < -0.39 is 0 Å². The molecule has 4 rings (SSSR count). The monoisotopic (exact) mass is 384 g/mol. The maximum absolute atomic E-state index is 12.8. The highest BCUT2D eigenvalue weighted by molar-refractivity contribution is 5.78. The number of aryl methyl sites for hydroxylation is 1. The van der Waals surface area contributed by atoms with E-state index in [1.165, 1.54) is 36.9 Å². The molecule has 0 N–H and O–H groups in total. The van der Waals surface area contributed by atoms with Crippen LogP contribution in [0.15, 0.2) is 24.3 Å². The molecular weight excluding hydrogens is 348 g/mol. The van der Waals surface area contributed by atoms with Gasteiger partial charge in [0, 0.05) is 51.0 Å². The summed E-state index contributed by atoms with van der Waals surface area (Å²) < 4.78 is 0. The Morgan fingerprint density at radius 2 is 1.68 bits per heavy atom. The molecule has 0 saturated carbocycles. The molecule has 28 heavy (non-hydrogen) atoms. The van der Waals surface area contributed by atoms with E-state index in [1.807, 2.05) is 0 Å². The van der Waals surface area contributed by atoms with Crippen LogP contribution in [0.4, 0.5) is 5.69 Å². The van der Waals surface area contributed by atoms with Crippen LogP contribution in [0.1, 0.15) is 37.7 Å². The highest BCUT2D eigenvalue weighted by Crippen LogP contribution is 2.23. The molecule has 1 atom stereocenters.